The summed E-state index contributed by atoms with van der Waals surface area (Å²) in [6.45, 7) is 3.22. The number of benzene rings is 1. The van der Waals surface area contributed by atoms with E-state index in [0.717, 1.165) is 24.3 Å². The fraction of sp³-hybridized carbons (Fsp3) is 0.353. The molecule has 0 spiro atoms. The molecule has 0 aliphatic carbocycles. The van der Waals surface area contributed by atoms with Gasteiger partial charge in [0.05, 0.1) is 6.61 Å². The van der Waals surface area contributed by atoms with Crippen LogP contribution >= 0.6 is 0 Å². The average molecular weight is 328 g/mol. The summed E-state index contributed by atoms with van der Waals surface area (Å²) in [5.74, 6) is 1.65. The molecular formula is C17H20N4O3. The monoisotopic (exact) mass is 328 g/mol. The standard InChI is InChI=1S/C17H20N4O3/c1-2-23-13-7-5-12(6-8-13)18-15-9-10-16(21-20-15)19-17(22)14-4-3-11-24-14/h5-10,14H,2-4,11H2,1H3,(H,18,20)(H,19,21,22). The van der Waals surface area contributed by atoms with Crippen LogP contribution in [0.2, 0.25) is 0 Å². The van der Waals surface area contributed by atoms with Crippen molar-refractivity contribution in [1.29, 1.82) is 0 Å². The van der Waals surface area contributed by atoms with Gasteiger partial charge in [-0.25, -0.2) is 0 Å². The van der Waals surface area contributed by atoms with Crippen LogP contribution in [0.3, 0.4) is 0 Å². The second-order valence-electron chi connectivity index (χ2n) is 5.38. The number of nitrogens with one attached hydrogen (secondary N) is 2. The summed E-state index contributed by atoms with van der Waals surface area (Å²) in [5, 5.41) is 13.9. The van der Waals surface area contributed by atoms with E-state index >= 15 is 0 Å². The molecule has 2 aromatic rings. The van der Waals surface area contributed by atoms with E-state index in [0.29, 0.717) is 24.8 Å². The maximum Gasteiger partial charge on any atom is 0.254 e. The highest BCUT2D eigenvalue weighted by molar-refractivity contribution is 5.93. The summed E-state index contributed by atoms with van der Waals surface area (Å²) in [6, 6.07) is 11.0. The van der Waals surface area contributed by atoms with Crippen molar-refractivity contribution >= 4 is 23.2 Å². The smallest absolute Gasteiger partial charge is 0.254 e. The summed E-state index contributed by atoms with van der Waals surface area (Å²) in [6.07, 6.45) is 1.28. The van der Waals surface area contributed by atoms with Crippen LogP contribution in [0, 0.1) is 0 Å². The topological polar surface area (TPSA) is 85.4 Å². The quantitative estimate of drug-likeness (QED) is 0.848. The predicted octanol–water partition coefficient (Wildman–Crippen LogP) is 2.74. The van der Waals surface area contributed by atoms with Gasteiger partial charge in [-0.2, -0.15) is 0 Å². The normalized spacial score (nSPS) is 16.6. The fourth-order valence-electron chi connectivity index (χ4n) is 2.41. The Balaban J connectivity index is 1.56. The average Bonchev–Trinajstić information content (AvgIpc) is 3.13. The molecule has 1 unspecified atom stereocenters. The third-order valence-corrected chi connectivity index (χ3v) is 3.58. The van der Waals surface area contributed by atoms with Gasteiger partial charge in [0.2, 0.25) is 0 Å². The number of anilines is 3. The SMILES string of the molecule is CCOc1ccc(Nc2ccc(NC(=O)C3CCCO3)nn2)cc1. The number of rotatable bonds is 6. The van der Waals surface area contributed by atoms with Gasteiger partial charge in [-0.15, -0.1) is 10.2 Å². The van der Waals surface area contributed by atoms with Crippen LogP contribution in [-0.2, 0) is 9.53 Å². The number of carbonyl (C=O) groups excluding carboxylic acids is 1. The van der Waals surface area contributed by atoms with Crippen LogP contribution in [0.1, 0.15) is 19.8 Å². The van der Waals surface area contributed by atoms with Crippen LogP contribution in [0.25, 0.3) is 0 Å². The number of carbonyl (C=O) groups is 1. The third kappa shape index (κ3) is 4.20. The molecule has 1 aromatic heterocycles. The van der Waals surface area contributed by atoms with Crippen molar-refractivity contribution < 1.29 is 14.3 Å². The Hall–Kier alpha value is -2.67. The van der Waals surface area contributed by atoms with Crippen LogP contribution in [0.15, 0.2) is 36.4 Å². The lowest BCUT2D eigenvalue weighted by atomic mass is 10.2. The minimum Gasteiger partial charge on any atom is -0.494 e. The van der Waals surface area contributed by atoms with Gasteiger partial charge in [-0.3, -0.25) is 4.79 Å². The molecule has 3 rings (SSSR count). The molecule has 0 saturated carbocycles. The fourth-order valence-corrected chi connectivity index (χ4v) is 2.41. The van der Waals surface area contributed by atoms with E-state index < -0.39 is 0 Å². The molecule has 2 heterocycles. The van der Waals surface area contributed by atoms with Gasteiger partial charge in [0.25, 0.3) is 5.91 Å². The Labute approximate surface area is 140 Å². The van der Waals surface area contributed by atoms with Gasteiger partial charge in [-0.05, 0) is 56.2 Å². The Morgan fingerprint density at radius 1 is 1.21 bits per heavy atom. The van der Waals surface area contributed by atoms with E-state index in [1.807, 2.05) is 31.2 Å². The highest BCUT2D eigenvalue weighted by atomic mass is 16.5. The van der Waals surface area contributed by atoms with E-state index in [2.05, 4.69) is 20.8 Å². The van der Waals surface area contributed by atoms with Crippen LogP contribution in [-0.4, -0.2) is 35.4 Å². The van der Waals surface area contributed by atoms with E-state index in [9.17, 15) is 4.79 Å². The molecule has 126 valence electrons. The second kappa shape index (κ2) is 7.74. The zero-order valence-corrected chi connectivity index (χ0v) is 13.5. The number of ether oxygens (including phenoxy) is 2. The molecule has 1 atom stereocenters. The molecular weight excluding hydrogens is 308 g/mol. The minimum absolute atomic E-state index is 0.172. The number of nitrogens with zero attached hydrogens (tertiary/aromatic N) is 2. The van der Waals surface area contributed by atoms with E-state index in [1.165, 1.54) is 0 Å². The number of aromatic nitrogens is 2. The molecule has 1 amide bonds. The van der Waals surface area contributed by atoms with Crippen LogP contribution < -0.4 is 15.4 Å². The molecule has 1 aliphatic heterocycles. The molecule has 1 aliphatic rings. The highest BCUT2D eigenvalue weighted by Crippen LogP contribution is 2.19. The molecule has 2 N–H and O–H groups in total. The van der Waals surface area contributed by atoms with Crippen molar-refractivity contribution in [2.45, 2.75) is 25.9 Å². The lowest BCUT2D eigenvalue weighted by Gasteiger charge is -2.10. The molecule has 1 saturated heterocycles. The van der Waals surface area contributed by atoms with Crippen molar-refractivity contribution in [2.75, 3.05) is 23.8 Å². The van der Waals surface area contributed by atoms with Crippen molar-refractivity contribution in [3.8, 4) is 5.75 Å². The minimum atomic E-state index is -0.381. The Kier molecular flexibility index (Phi) is 5.22. The first-order chi connectivity index (χ1) is 11.7. The van der Waals surface area contributed by atoms with Crippen molar-refractivity contribution in [3.05, 3.63) is 36.4 Å². The molecule has 7 heteroatoms. The molecule has 1 fully saturated rings. The van der Waals surface area contributed by atoms with Crippen molar-refractivity contribution in [3.63, 3.8) is 0 Å². The van der Waals surface area contributed by atoms with Gasteiger partial charge < -0.3 is 20.1 Å². The Morgan fingerprint density at radius 3 is 2.58 bits per heavy atom. The van der Waals surface area contributed by atoms with Gasteiger partial charge >= 0.3 is 0 Å². The van der Waals surface area contributed by atoms with Crippen LogP contribution in [0.5, 0.6) is 5.75 Å². The van der Waals surface area contributed by atoms with E-state index in [4.69, 9.17) is 9.47 Å². The van der Waals surface area contributed by atoms with Gasteiger partial charge in [0, 0.05) is 12.3 Å². The van der Waals surface area contributed by atoms with Crippen molar-refractivity contribution in [1.82, 2.24) is 10.2 Å². The Bertz CT molecular complexity index is 667. The maximum absolute atomic E-state index is 11.9. The summed E-state index contributed by atoms with van der Waals surface area (Å²) in [5.41, 5.74) is 0.879. The van der Waals surface area contributed by atoms with Gasteiger partial charge in [-0.1, -0.05) is 0 Å². The highest BCUT2D eigenvalue weighted by Gasteiger charge is 2.23. The number of hydrogen-bond donors (Lipinski definition) is 2. The molecule has 0 bridgehead atoms. The second-order valence-corrected chi connectivity index (χ2v) is 5.38. The first kappa shape index (κ1) is 16.2. The molecule has 0 radical (unpaired) electrons. The predicted molar refractivity (Wildman–Crippen MR) is 90.5 cm³/mol. The summed E-state index contributed by atoms with van der Waals surface area (Å²) in [4.78, 5) is 11.9. The summed E-state index contributed by atoms with van der Waals surface area (Å²) in [7, 11) is 0. The first-order valence-corrected chi connectivity index (χ1v) is 8.00. The molecule has 24 heavy (non-hydrogen) atoms. The first-order valence-electron chi connectivity index (χ1n) is 8.00. The van der Waals surface area contributed by atoms with Crippen LogP contribution in [0.4, 0.5) is 17.3 Å². The zero-order chi connectivity index (χ0) is 16.8. The lowest BCUT2D eigenvalue weighted by Crippen LogP contribution is -2.27. The maximum atomic E-state index is 11.9. The van der Waals surface area contributed by atoms with E-state index in [1.54, 1.807) is 12.1 Å². The van der Waals surface area contributed by atoms with E-state index in [-0.39, 0.29) is 12.0 Å². The van der Waals surface area contributed by atoms with Gasteiger partial charge in [0.1, 0.15) is 11.9 Å². The Morgan fingerprint density at radius 2 is 1.96 bits per heavy atom. The molecule has 1 aromatic carbocycles. The van der Waals surface area contributed by atoms with Crippen molar-refractivity contribution in [2.24, 2.45) is 0 Å². The summed E-state index contributed by atoms with van der Waals surface area (Å²) >= 11 is 0. The summed E-state index contributed by atoms with van der Waals surface area (Å²) < 4.78 is 10.7. The van der Waals surface area contributed by atoms with Gasteiger partial charge in [0.15, 0.2) is 11.6 Å². The molecule has 7 nitrogen and oxygen atoms in total. The number of amides is 1. The largest absolute Gasteiger partial charge is 0.494 e. The zero-order valence-electron chi connectivity index (χ0n) is 13.5. The number of hydrogen-bond acceptors (Lipinski definition) is 6. The lowest BCUT2D eigenvalue weighted by molar-refractivity contribution is -0.124. The third-order valence-electron chi connectivity index (χ3n) is 3.58.